The highest BCUT2D eigenvalue weighted by Crippen LogP contribution is 2.34. The third-order valence-electron chi connectivity index (χ3n) is 5.73. The summed E-state index contributed by atoms with van der Waals surface area (Å²) >= 11 is 0. The van der Waals surface area contributed by atoms with E-state index in [-0.39, 0.29) is 12.2 Å². The maximum Gasteiger partial charge on any atom is 0.325 e. The Morgan fingerprint density at radius 3 is 2.70 bits per heavy atom. The van der Waals surface area contributed by atoms with Crippen LogP contribution in [0.15, 0.2) is 42.5 Å². The molecule has 0 aliphatic carbocycles. The highest BCUT2D eigenvalue weighted by molar-refractivity contribution is 6.00. The molecule has 8 heteroatoms. The zero-order chi connectivity index (χ0) is 18.7. The fraction of sp³-hybridized carbons (Fsp3) is 0.368. The average Bonchev–Trinajstić information content (AvgIpc) is 3.05. The summed E-state index contributed by atoms with van der Waals surface area (Å²) in [6.07, 6.45) is -1.32. The molecule has 4 unspecified atom stereocenters. The van der Waals surface area contributed by atoms with Crippen LogP contribution in [0.1, 0.15) is 0 Å². The van der Waals surface area contributed by atoms with Crippen molar-refractivity contribution in [2.24, 2.45) is 0 Å². The molecule has 3 amide bonds. The number of nitrogens with one attached hydrogen (secondary N) is 2. The maximum absolute atomic E-state index is 12.5. The number of imide groups is 1. The molecule has 3 N–H and O–H groups in total. The van der Waals surface area contributed by atoms with Crippen molar-refractivity contribution >= 4 is 28.4 Å². The van der Waals surface area contributed by atoms with Crippen molar-refractivity contribution in [1.29, 1.82) is 0 Å². The largest absolute Gasteiger partial charge is 0.390 e. The first kappa shape index (κ1) is 16.5. The first-order valence-corrected chi connectivity index (χ1v) is 9.06. The van der Waals surface area contributed by atoms with Crippen LogP contribution in [0.3, 0.4) is 0 Å². The molecule has 2 aromatic carbocycles. The van der Waals surface area contributed by atoms with Crippen molar-refractivity contribution in [2.45, 2.75) is 24.6 Å². The predicted molar refractivity (Wildman–Crippen MR) is 99.8 cm³/mol. The van der Waals surface area contributed by atoms with Crippen LogP contribution in [0.2, 0.25) is 0 Å². The number of fused-ring (bicyclic) bond motifs is 4. The Bertz CT molecular complexity index is 929. The number of urea groups is 1. The van der Waals surface area contributed by atoms with Crippen molar-refractivity contribution in [3.63, 3.8) is 0 Å². The van der Waals surface area contributed by atoms with Gasteiger partial charge in [-0.1, -0.05) is 36.4 Å². The minimum Gasteiger partial charge on any atom is -0.390 e. The van der Waals surface area contributed by atoms with Crippen LogP contribution in [-0.2, 0) is 4.79 Å². The number of anilines is 1. The van der Waals surface area contributed by atoms with Crippen molar-refractivity contribution in [1.82, 2.24) is 20.4 Å². The smallest absolute Gasteiger partial charge is 0.325 e. The van der Waals surface area contributed by atoms with E-state index in [9.17, 15) is 14.7 Å². The molecule has 140 valence electrons. The predicted octanol–water partition coefficient (Wildman–Crippen LogP) is 0.0858. The van der Waals surface area contributed by atoms with Crippen molar-refractivity contribution in [2.75, 3.05) is 25.0 Å². The fourth-order valence-corrected chi connectivity index (χ4v) is 4.48. The molecule has 0 radical (unpaired) electrons. The van der Waals surface area contributed by atoms with E-state index in [4.69, 9.17) is 0 Å². The summed E-state index contributed by atoms with van der Waals surface area (Å²) in [7, 11) is 1.67. The van der Waals surface area contributed by atoms with Gasteiger partial charge in [-0.05, 0) is 11.5 Å². The molecule has 3 aliphatic rings. The second-order valence-corrected chi connectivity index (χ2v) is 7.34. The number of rotatable bonds is 1. The van der Waals surface area contributed by atoms with Crippen LogP contribution < -0.4 is 15.5 Å². The molecule has 27 heavy (non-hydrogen) atoms. The monoisotopic (exact) mass is 367 g/mol. The van der Waals surface area contributed by atoms with E-state index in [2.05, 4.69) is 33.7 Å². The Balaban J connectivity index is 1.58. The van der Waals surface area contributed by atoms with Crippen molar-refractivity contribution in [3.8, 4) is 0 Å². The number of benzene rings is 2. The number of hydrogen-bond acceptors (Lipinski definition) is 6. The normalized spacial score (nSPS) is 31.0. The number of amides is 3. The molecule has 4 atom stereocenters. The number of β-amino-alcohol motifs (C(OH)–C–C–N with tert-alkyl or cyclic N) is 1. The lowest BCUT2D eigenvalue weighted by atomic mass is 10.1. The van der Waals surface area contributed by atoms with Gasteiger partial charge >= 0.3 is 6.03 Å². The van der Waals surface area contributed by atoms with Gasteiger partial charge in [0.05, 0.1) is 6.10 Å². The molecule has 2 aromatic rings. The topological polar surface area (TPSA) is 88.2 Å². The number of carbonyl (C=O) groups is 2. The van der Waals surface area contributed by atoms with E-state index in [0.29, 0.717) is 13.1 Å². The molecule has 0 bridgehead atoms. The second kappa shape index (κ2) is 5.91. The molecule has 3 aliphatic heterocycles. The molecule has 3 heterocycles. The second-order valence-electron chi connectivity index (χ2n) is 7.34. The highest BCUT2D eigenvalue weighted by Gasteiger charge is 2.54. The lowest BCUT2D eigenvalue weighted by Gasteiger charge is -2.44. The third-order valence-corrected chi connectivity index (χ3v) is 5.73. The molecular weight excluding hydrogens is 346 g/mol. The number of carbonyl (C=O) groups excluding carboxylic acids is 2. The van der Waals surface area contributed by atoms with Crippen LogP contribution in [0, 0.1) is 0 Å². The quantitative estimate of drug-likeness (QED) is 0.662. The van der Waals surface area contributed by atoms with E-state index in [1.165, 1.54) is 4.90 Å². The fourth-order valence-electron chi connectivity index (χ4n) is 4.48. The number of aliphatic hydroxyl groups excluding tert-OH is 1. The summed E-state index contributed by atoms with van der Waals surface area (Å²) in [4.78, 5) is 30.1. The Kier molecular flexibility index (Phi) is 3.61. The van der Waals surface area contributed by atoms with Gasteiger partial charge in [0.1, 0.15) is 18.5 Å². The summed E-state index contributed by atoms with van der Waals surface area (Å²) in [6.45, 7) is 0.816. The first-order chi connectivity index (χ1) is 13.0. The number of nitrogens with zero attached hydrogens (tertiary/aromatic N) is 3. The van der Waals surface area contributed by atoms with Gasteiger partial charge in [0, 0.05) is 31.2 Å². The minimum absolute atomic E-state index is 0.284. The van der Waals surface area contributed by atoms with Crippen LogP contribution in [0.25, 0.3) is 10.8 Å². The van der Waals surface area contributed by atoms with Gasteiger partial charge in [-0.25, -0.2) is 4.79 Å². The van der Waals surface area contributed by atoms with Crippen LogP contribution in [-0.4, -0.2) is 71.6 Å². The van der Waals surface area contributed by atoms with E-state index >= 15 is 0 Å². The Morgan fingerprint density at radius 2 is 1.85 bits per heavy atom. The number of likely N-dealkylation sites (N-methyl/N-ethyl adjacent to an activating group) is 1. The number of aliphatic hydroxyl groups is 1. The van der Waals surface area contributed by atoms with Gasteiger partial charge in [0.15, 0.2) is 0 Å². The van der Waals surface area contributed by atoms with Gasteiger partial charge < -0.3 is 14.9 Å². The first-order valence-electron chi connectivity index (χ1n) is 9.06. The van der Waals surface area contributed by atoms with Gasteiger partial charge in [-0.3, -0.25) is 20.3 Å². The van der Waals surface area contributed by atoms with E-state index in [1.807, 2.05) is 29.2 Å². The van der Waals surface area contributed by atoms with E-state index in [0.717, 1.165) is 16.5 Å². The summed E-state index contributed by atoms with van der Waals surface area (Å²) in [5.74, 6) is -0.329. The average molecular weight is 367 g/mol. The van der Waals surface area contributed by atoms with Crippen LogP contribution >= 0.6 is 0 Å². The van der Waals surface area contributed by atoms with Gasteiger partial charge in [-0.2, -0.15) is 0 Å². The van der Waals surface area contributed by atoms with E-state index in [1.54, 1.807) is 7.05 Å². The molecule has 5 rings (SSSR count). The molecule has 3 saturated heterocycles. The summed E-state index contributed by atoms with van der Waals surface area (Å²) in [5, 5.41) is 18.6. The summed E-state index contributed by atoms with van der Waals surface area (Å²) < 4.78 is 0. The van der Waals surface area contributed by atoms with Crippen molar-refractivity contribution < 1.29 is 14.7 Å². The molecule has 0 spiro atoms. The zero-order valence-corrected chi connectivity index (χ0v) is 14.9. The van der Waals surface area contributed by atoms with Crippen LogP contribution in [0.4, 0.5) is 10.5 Å². The zero-order valence-electron chi connectivity index (χ0n) is 14.9. The van der Waals surface area contributed by atoms with Gasteiger partial charge in [0.2, 0.25) is 5.91 Å². The van der Waals surface area contributed by atoms with Crippen LogP contribution in [0.5, 0.6) is 0 Å². The minimum atomic E-state index is -0.600. The lowest BCUT2D eigenvalue weighted by Crippen LogP contribution is -2.66. The molecule has 8 nitrogen and oxygen atoms in total. The Morgan fingerprint density at radius 1 is 1.07 bits per heavy atom. The summed E-state index contributed by atoms with van der Waals surface area (Å²) in [5.41, 5.74) is 0.988. The lowest BCUT2D eigenvalue weighted by molar-refractivity contribution is -0.128. The summed E-state index contributed by atoms with van der Waals surface area (Å²) in [6, 6.07) is 13.2. The number of hydrogen-bond donors (Lipinski definition) is 3. The van der Waals surface area contributed by atoms with Crippen molar-refractivity contribution in [3.05, 3.63) is 42.5 Å². The molecule has 0 saturated carbocycles. The molecule has 3 fully saturated rings. The Hall–Kier alpha value is -2.68. The van der Waals surface area contributed by atoms with E-state index < -0.39 is 24.3 Å². The standard InChI is InChI=1S/C19H21N5O3/c1-22-16-15(17(26)21-19(22)27)24-10-12(25)9-23(18(24)20-16)14-8-4-6-11-5-2-3-7-13(11)14/h2-8,12,15-16,18,20,25H,9-10H2,1H3,(H,21,26,27). The Labute approximate surface area is 156 Å². The molecular formula is C19H21N5O3. The molecule has 0 aromatic heterocycles. The SMILES string of the molecule is CN1C(=O)NC(=O)C2C1NC1N(c3cccc4ccccc34)CC(O)CN21. The third kappa shape index (κ3) is 2.41. The maximum atomic E-state index is 12.5. The highest BCUT2D eigenvalue weighted by atomic mass is 16.3. The van der Waals surface area contributed by atoms with Gasteiger partial charge in [0.25, 0.3) is 0 Å². The van der Waals surface area contributed by atoms with Gasteiger partial charge in [-0.15, -0.1) is 0 Å².